The topological polar surface area (TPSA) is 110 Å². The van der Waals surface area contributed by atoms with Gasteiger partial charge in [0.15, 0.2) is 10.8 Å². The van der Waals surface area contributed by atoms with Crippen LogP contribution in [0.1, 0.15) is 30.6 Å². The van der Waals surface area contributed by atoms with Crippen molar-refractivity contribution in [2.45, 2.75) is 26.3 Å². The Bertz CT molecular complexity index is 776. The summed E-state index contributed by atoms with van der Waals surface area (Å²) in [5.74, 6) is -0.388. The van der Waals surface area contributed by atoms with Crippen LogP contribution in [-0.4, -0.2) is 57.3 Å². The zero-order valence-electron chi connectivity index (χ0n) is 14.6. The van der Waals surface area contributed by atoms with Crippen LogP contribution in [0.4, 0.5) is 4.39 Å². The normalized spacial score (nSPS) is 18.0. The fraction of sp³-hybridized carbons (Fsp3) is 0.353. The van der Waals surface area contributed by atoms with Crippen molar-refractivity contribution in [1.29, 1.82) is 10.8 Å². The minimum Gasteiger partial charge on any atom is -0.387 e. The maximum atomic E-state index is 13.0. The molecule has 0 aromatic heterocycles. The molecule has 26 heavy (non-hydrogen) atoms. The Kier molecular flexibility index (Phi) is 6.14. The van der Waals surface area contributed by atoms with E-state index < -0.39 is 11.9 Å². The zero-order chi connectivity index (χ0) is 19.4. The number of carbonyl (C=O) groups excluding carboxylic acids is 1. The Balaban J connectivity index is 2.13. The molecular formula is C17H21FN6OS. The second-order valence-electron chi connectivity index (χ2n) is 5.83. The third kappa shape index (κ3) is 4.10. The molecule has 0 bridgehead atoms. The molecule has 1 amide bonds. The Morgan fingerprint density at radius 2 is 2.00 bits per heavy atom. The second-order valence-corrected chi connectivity index (χ2v) is 6.22. The number of hydrogen-bond donors (Lipinski definition) is 3. The first-order valence-corrected chi connectivity index (χ1v) is 8.55. The van der Waals surface area contributed by atoms with Crippen LogP contribution in [0.3, 0.4) is 0 Å². The molecule has 138 valence electrons. The number of hydrogen-bond acceptors (Lipinski definition) is 4. The van der Waals surface area contributed by atoms with Crippen LogP contribution >= 0.6 is 12.2 Å². The van der Waals surface area contributed by atoms with Crippen molar-refractivity contribution in [3.8, 4) is 0 Å². The smallest absolute Gasteiger partial charge is 0.254 e. The highest BCUT2D eigenvalue weighted by molar-refractivity contribution is 7.82. The number of thiocarbonyl (C=S) groups is 1. The van der Waals surface area contributed by atoms with Gasteiger partial charge >= 0.3 is 0 Å². The van der Waals surface area contributed by atoms with E-state index in [9.17, 15) is 9.18 Å². The van der Waals surface area contributed by atoms with Crippen molar-refractivity contribution in [2.24, 2.45) is 10.7 Å². The molecule has 1 aliphatic rings. The molecule has 0 aliphatic carbocycles. The molecule has 1 fully saturated rings. The summed E-state index contributed by atoms with van der Waals surface area (Å²) < 4.78 is 13.0. The van der Waals surface area contributed by atoms with Crippen LogP contribution < -0.4 is 5.73 Å². The lowest BCUT2D eigenvalue weighted by Gasteiger charge is -2.40. The van der Waals surface area contributed by atoms with Gasteiger partial charge in [-0.25, -0.2) is 9.38 Å². The van der Waals surface area contributed by atoms with E-state index in [1.807, 2.05) is 6.92 Å². The van der Waals surface area contributed by atoms with Crippen LogP contribution in [0.2, 0.25) is 0 Å². The number of rotatable bonds is 2. The number of nitrogens with two attached hydrogens (primary N) is 1. The van der Waals surface area contributed by atoms with Crippen LogP contribution in [-0.2, 0) is 0 Å². The molecule has 1 saturated heterocycles. The molecule has 1 atom stereocenters. The molecule has 1 heterocycles. The van der Waals surface area contributed by atoms with E-state index in [1.165, 1.54) is 34.1 Å². The summed E-state index contributed by atoms with van der Waals surface area (Å²) in [5, 5.41) is 16.5. The third-order valence-corrected chi connectivity index (χ3v) is 4.44. The van der Waals surface area contributed by atoms with Crippen LogP contribution in [0.5, 0.6) is 0 Å². The predicted molar refractivity (Wildman–Crippen MR) is 104 cm³/mol. The summed E-state index contributed by atoms with van der Waals surface area (Å²) in [4.78, 5) is 19.6. The Morgan fingerprint density at radius 1 is 1.38 bits per heavy atom. The summed E-state index contributed by atoms with van der Waals surface area (Å²) in [7, 11) is 0. The number of nitrogens with one attached hydrogen (secondary N) is 2. The number of piperazine rings is 1. The number of nitrogens with zero attached hydrogens (tertiary/aromatic N) is 3. The van der Waals surface area contributed by atoms with Gasteiger partial charge in [0.2, 0.25) is 0 Å². The molecule has 7 nitrogen and oxygen atoms in total. The summed E-state index contributed by atoms with van der Waals surface area (Å²) >= 11 is 5.12. The highest BCUT2D eigenvalue weighted by atomic mass is 32.1. The van der Waals surface area contributed by atoms with Gasteiger partial charge in [-0.05, 0) is 31.2 Å². The Hall–Kier alpha value is -2.68. The lowest BCUT2D eigenvalue weighted by molar-refractivity contribution is 0.0701. The average Bonchev–Trinajstić information content (AvgIpc) is 2.63. The molecule has 4 N–H and O–H groups in total. The van der Waals surface area contributed by atoms with Crippen LogP contribution in [0.15, 0.2) is 29.3 Å². The SMILES string of the molecule is CCC(N)=NC(=S)C(=N)N1CCN(C(=O)c2ccc(F)cc2)C(C)C1=N. The number of aliphatic imine (C=N–C) groups is 1. The minimum atomic E-state index is -0.558. The van der Waals surface area contributed by atoms with Gasteiger partial charge in [-0.1, -0.05) is 19.1 Å². The first-order chi connectivity index (χ1) is 12.3. The van der Waals surface area contributed by atoms with E-state index in [1.54, 1.807) is 6.92 Å². The van der Waals surface area contributed by atoms with Crippen molar-refractivity contribution >= 4 is 40.6 Å². The quantitative estimate of drug-likeness (QED) is 0.417. The van der Waals surface area contributed by atoms with Gasteiger partial charge in [-0.3, -0.25) is 15.6 Å². The molecule has 9 heteroatoms. The predicted octanol–water partition coefficient (Wildman–Crippen LogP) is 2.02. The minimum absolute atomic E-state index is 0.0135. The summed E-state index contributed by atoms with van der Waals surface area (Å²) in [6, 6.07) is 4.73. The fourth-order valence-electron chi connectivity index (χ4n) is 2.54. The summed E-state index contributed by atoms with van der Waals surface area (Å²) in [5.41, 5.74) is 6.01. The molecule has 1 aromatic rings. The molecule has 1 aliphatic heterocycles. The van der Waals surface area contributed by atoms with Crippen molar-refractivity contribution in [3.05, 3.63) is 35.6 Å². The Morgan fingerprint density at radius 3 is 2.58 bits per heavy atom. The van der Waals surface area contributed by atoms with E-state index in [2.05, 4.69) is 4.99 Å². The van der Waals surface area contributed by atoms with Crippen LogP contribution in [0, 0.1) is 16.6 Å². The maximum absolute atomic E-state index is 13.0. The molecule has 1 aromatic carbocycles. The van der Waals surface area contributed by atoms with Gasteiger partial charge in [0.25, 0.3) is 5.91 Å². The average molecular weight is 376 g/mol. The van der Waals surface area contributed by atoms with Crippen molar-refractivity contribution in [1.82, 2.24) is 9.80 Å². The van der Waals surface area contributed by atoms with E-state index in [0.29, 0.717) is 24.4 Å². The first-order valence-electron chi connectivity index (χ1n) is 8.14. The molecule has 1 unspecified atom stereocenters. The lowest BCUT2D eigenvalue weighted by atomic mass is 10.1. The second kappa shape index (κ2) is 8.13. The molecule has 0 spiro atoms. The molecule has 0 radical (unpaired) electrons. The van der Waals surface area contributed by atoms with Crippen molar-refractivity contribution in [3.63, 3.8) is 0 Å². The highest BCUT2D eigenvalue weighted by Crippen LogP contribution is 2.17. The molecular weight excluding hydrogens is 355 g/mol. The largest absolute Gasteiger partial charge is 0.387 e. The van der Waals surface area contributed by atoms with Gasteiger partial charge in [0.05, 0.1) is 6.04 Å². The van der Waals surface area contributed by atoms with Gasteiger partial charge in [-0.15, -0.1) is 0 Å². The Labute approximate surface area is 156 Å². The van der Waals surface area contributed by atoms with E-state index >= 15 is 0 Å². The third-order valence-electron chi connectivity index (χ3n) is 4.15. The van der Waals surface area contributed by atoms with E-state index in [-0.39, 0.29) is 29.1 Å². The van der Waals surface area contributed by atoms with Crippen LogP contribution in [0.25, 0.3) is 0 Å². The standard InChI is InChI=1S/C17H21FN6OS/c1-3-13(19)22-16(26)15(21)24-9-8-23(10(2)14(24)20)17(25)11-4-6-12(18)7-5-11/h4-7,10,20-21H,3,8-9H2,1-2H3,(H2,19,22,26). The number of benzene rings is 1. The monoisotopic (exact) mass is 376 g/mol. The van der Waals surface area contributed by atoms with Gasteiger partial charge in [0.1, 0.15) is 17.5 Å². The number of carbonyl (C=O) groups is 1. The van der Waals surface area contributed by atoms with E-state index in [0.717, 1.165) is 0 Å². The highest BCUT2D eigenvalue weighted by Gasteiger charge is 2.34. The van der Waals surface area contributed by atoms with Crippen molar-refractivity contribution < 1.29 is 9.18 Å². The number of halogens is 1. The summed E-state index contributed by atoms with van der Waals surface area (Å²) in [6.45, 7) is 4.08. The zero-order valence-corrected chi connectivity index (χ0v) is 15.4. The van der Waals surface area contributed by atoms with E-state index in [4.69, 9.17) is 28.8 Å². The molecule has 0 saturated carbocycles. The summed E-state index contributed by atoms with van der Waals surface area (Å²) in [6.07, 6.45) is 0.515. The number of amidine groups is 3. The van der Waals surface area contributed by atoms with Gasteiger partial charge in [-0.2, -0.15) is 0 Å². The molecule has 2 rings (SSSR count). The first kappa shape index (κ1) is 19.6. The number of amides is 1. The van der Waals surface area contributed by atoms with Crippen molar-refractivity contribution in [2.75, 3.05) is 13.1 Å². The fourth-order valence-corrected chi connectivity index (χ4v) is 2.77. The lowest BCUT2D eigenvalue weighted by Crippen LogP contribution is -2.59. The van der Waals surface area contributed by atoms with Gasteiger partial charge < -0.3 is 15.5 Å². The van der Waals surface area contributed by atoms with Gasteiger partial charge in [0, 0.05) is 25.1 Å². The maximum Gasteiger partial charge on any atom is 0.254 e.